The summed E-state index contributed by atoms with van der Waals surface area (Å²) in [5, 5.41) is 14.6. The van der Waals surface area contributed by atoms with E-state index in [1.165, 1.54) is 5.56 Å². The molecule has 0 fully saturated rings. The predicted octanol–water partition coefficient (Wildman–Crippen LogP) is 3.24. The summed E-state index contributed by atoms with van der Waals surface area (Å²) in [7, 11) is 0. The number of aliphatic hydroxyl groups excluding tert-OH is 1. The minimum absolute atomic E-state index is 0.0421. The van der Waals surface area contributed by atoms with Crippen molar-refractivity contribution in [3.8, 4) is 0 Å². The lowest BCUT2D eigenvalue weighted by molar-refractivity contribution is -0.116. The SMILES string of the molecule is CC(C)(C)c1ccc(C(=O)NCCC(=O)Nc2cccc(CO)c2)cc1. The summed E-state index contributed by atoms with van der Waals surface area (Å²) >= 11 is 0. The van der Waals surface area contributed by atoms with Crippen LogP contribution in [0, 0.1) is 0 Å². The van der Waals surface area contributed by atoms with Crippen LogP contribution in [0.5, 0.6) is 0 Å². The molecule has 138 valence electrons. The van der Waals surface area contributed by atoms with Crippen LogP contribution in [0.2, 0.25) is 0 Å². The second-order valence-electron chi connectivity index (χ2n) is 7.24. The van der Waals surface area contributed by atoms with Gasteiger partial charge >= 0.3 is 0 Å². The van der Waals surface area contributed by atoms with Crippen LogP contribution < -0.4 is 10.6 Å². The fourth-order valence-corrected chi connectivity index (χ4v) is 2.48. The van der Waals surface area contributed by atoms with E-state index in [1.54, 1.807) is 36.4 Å². The smallest absolute Gasteiger partial charge is 0.251 e. The molecule has 0 heterocycles. The van der Waals surface area contributed by atoms with Crippen molar-refractivity contribution < 1.29 is 14.7 Å². The number of nitrogens with one attached hydrogen (secondary N) is 2. The summed E-state index contributed by atoms with van der Waals surface area (Å²) in [6.07, 6.45) is 0.176. The first-order chi connectivity index (χ1) is 12.3. The van der Waals surface area contributed by atoms with Crippen LogP contribution in [-0.4, -0.2) is 23.5 Å². The highest BCUT2D eigenvalue weighted by Gasteiger charge is 2.14. The molecule has 0 aliphatic carbocycles. The molecular formula is C21H26N2O3. The Morgan fingerprint density at radius 3 is 2.35 bits per heavy atom. The van der Waals surface area contributed by atoms with Gasteiger partial charge in [0.25, 0.3) is 5.91 Å². The van der Waals surface area contributed by atoms with Crippen molar-refractivity contribution in [3.63, 3.8) is 0 Å². The molecule has 0 radical (unpaired) electrons. The van der Waals surface area contributed by atoms with Crippen LogP contribution in [0.4, 0.5) is 5.69 Å². The van der Waals surface area contributed by atoms with Gasteiger partial charge < -0.3 is 15.7 Å². The minimum Gasteiger partial charge on any atom is -0.392 e. The van der Waals surface area contributed by atoms with E-state index in [0.717, 1.165) is 5.56 Å². The molecule has 0 aliphatic heterocycles. The Morgan fingerprint density at radius 1 is 1.04 bits per heavy atom. The summed E-state index contributed by atoms with van der Waals surface area (Å²) in [6.45, 7) is 6.55. The van der Waals surface area contributed by atoms with E-state index in [2.05, 4.69) is 31.4 Å². The van der Waals surface area contributed by atoms with E-state index in [4.69, 9.17) is 5.11 Å². The fraction of sp³-hybridized carbons (Fsp3) is 0.333. The van der Waals surface area contributed by atoms with Gasteiger partial charge in [0.15, 0.2) is 0 Å². The number of amides is 2. The van der Waals surface area contributed by atoms with Crippen molar-refractivity contribution in [3.05, 3.63) is 65.2 Å². The van der Waals surface area contributed by atoms with Crippen molar-refractivity contribution in [1.82, 2.24) is 5.32 Å². The minimum atomic E-state index is -0.194. The Labute approximate surface area is 154 Å². The highest BCUT2D eigenvalue weighted by Crippen LogP contribution is 2.22. The van der Waals surface area contributed by atoms with Gasteiger partial charge in [0.05, 0.1) is 6.61 Å². The number of carbonyl (C=O) groups excluding carboxylic acids is 2. The molecule has 0 atom stereocenters. The zero-order valence-electron chi connectivity index (χ0n) is 15.5. The van der Waals surface area contributed by atoms with Crippen LogP contribution in [0.15, 0.2) is 48.5 Å². The molecule has 5 nitrogen and oxygen atoms in total. The lowest BCUT2D eigenvalue weighted by Gasteiger charge is -2.19. The second-order valence-corrected chi connectivity index (χ2v) is 7.24. The van der Waals surface area contributed by atoms with Crippen molar-refractivity contribution in [2.24, 2.45) is 0 Å². The van der Waals surface area contributed by atoms with E-state index in [1.807, 2.05) is 12.1 Å². The Bertz CT molecular complexity index is 762. The van der Waals surface area contributed by atoms with Crippen LogP contribution in [0.3, 0.4) is 0 Å². The first kappa shape index (κ1) is 19.7. The van der Waals surface area contributed by atoms with Gasteiger partial charge in [-0.3, -0.25) is 9.59 Å². The first-order valence-corrected chi connectivity index (χ1v) is 8.68. The molecule has 0 bridgehead atoms. The van der Waals surface area contributed by atoms with Crippen LogP contribution >= 0.6 is 0 Å². The molecule has 5 heteroatoms. The molecule has 2 amide bonds. The zero-order valence-corrected chi connectivity index (χ0v) is 15.5. The van der Waals surface area contributed by atoms with E-state index in [9.17, 15) is 9.59 Å². The van der Waals surface area contributed by atoms with Gasteiger partial charge in [0, 0.05) is 24.2 Å². The number of rotatable bonds is 6. The highest BCUT2D eigenvalue weighted by atomic mass is 16.3. The van der Waals surface area contributed by atoms with Gasteiger partial charge in [-0.1, -0.05) is 45.0 Å². The number of benzene rings is 2. The molecule has 0 unspecified atom stereocenters. The number of anilines is 1. The standard InChI is InChI=1S/C21H26N2O3/c1-21(2,3)17-9-7-16(8-10-17)20(26)22-12-11-19(25)23-18-6-4-5-15(13-18)14-24/h4-10,13,24H,11-12,14H2,1-3H3,(H,22,26)(H,23,25). The fourth-order valence-electron chi connectivity index (χ4n) is 2.48. The maximum absolute atomic E-state index is 12.2. The first-order valence-electron chi connectivity index (χ1n) is 8.68. The average molecular weight is 354 g/mol. The molecule has 2 aromatic rings. The molecule has 3 N–H and O–H groups in total. The highest BCUT2D eigenvalue weighted by molar-refractivity contribution is 5.95. The predicted molar refractivity (Wildman–Crippen MR) is 103 cm³/mol. The molecular weight excluding hydrogens is 328 g/mol. The second kappa shape index (κ2) is 8.63. The molecule has 0 saturated carbocycles. The summed E-state index contributed by atoms with van der Waals surface area (Å²) in [5.41, 5.74) is 3.15. The van der Waals surface area contributed by atoms with E-state index in [0.29, 0.717) is 11.3 Å². The van der Waals surface area contributed by atoms with Crippen molar-refractivity contribution >= 4 is 17.5 Å². The molecule has 26 heavy (non-hydrogen) atoms. The normalized spacial score (nSPS) is 11.1. The molecule has 0 spiro atoms. The maximum atomic E-state index is 12.2. The molecule has 0 aromatic heterocycles. The Balaban J connectivity index is 1.81. The lowest BCUT2D eigenvalue weighted by Crippen LogP contribution is -2.27. The monoisotopic (exact) mass is 354 g/mol. The van der Waals surface area contributed by atoms with Crippen molar-refractivity contribution in [2.45, 2.75) is 39.2 Å². The lowest BCUT2D eigenvalue weighted by atomic mass is 9.87. The molecule has 2 rings (SSSR count). The number of hydrogen-bond acceptors (Lipinski definition) is 3. The van der Waals surface area contributed by atoms with Gasteiger partial charge in [0.1, 0.15) is 0 Å². The van der Waals surface area contributed by atoms with Gasteiger partial charge in [-0.15, -0.1) is 0 Å². The number of carbonyl (C=O) groups is 2. The quantitative estimate of drug-likeness (QED) is 0.745. The van der Waals surface area contributed by atoms with Crippen LogP contribution in [-0.2, 0) is 16.8 Å². The zero-order chi connectivity index (χ0) is 19.2. The van der Waals surface area contributed by atoms with Crippen molar-refractivity contribution in [2.75, 3.05) is 11.9 Å². The summed E-state index contributed by atoms with van der Waals surface area (Å²) < 4.78 is 0. The van der Waals surface area contributed by atoms with Crippen molar-refractivity contribution in [1.29, 1.82) is 0 Å². The largest absolute Gasteiger partial charge is 0.392 e. The Hall–Kier alpha value is -2.66. The molecule has 2 aromatic carbocycles. The summed E-state index contributed by atoms with van der Waals surface area (Å²) in [6, 6.07) is 14.5. The third-order valence-corrected chi connectivity index (χ3v) is 4.04. The van der Waals surface area contributed by atoms with E-state index < -0.39 is 0 Å². The summed E-state index contributed by atoms with van der Waals surface area (Å²) in [4.78, 5) is 24.1. The number of aliphatic hydroxyl groups is 1. The molecule has 0 aliphatic rings. The number of hydrogen-bond donors (Lipinski definition) is 3. The molecule has 0 saturated heterocycles. The van der Waals surface area contributed by atoms with Crippen LogP contribution in [0.25, 0.3) is 0 Å². The van der Waals surface area contributed by atoms with E-state index >= 15 is 0 Å². The third kappa shape index (κ3) is 5.70. The Kier molecular flexibility index (Phi) is 6.52. The average Bonchev–Trinajstić information content (AvgIpc) is 2.61. The topological polar surface area (TPSA) is 78.4 Å². The van der Waals surface area contributed by atoms with Gasteiger partial charge in [-0.2, -0.15) is 0 Å². The van der Waals surface area contributed by atoms with Crippen LogP contribution in [0.1, 0.15) is 48.7 Å². The van der Waals surface area contributed by atoms with Gasteiger partial charge in [-0.05, 0) is 40.8 Å². The summed E-state index contributed by atoms with van der Waals surface area (Å²) in [5.74, 6) is -0.385. The van der Waals surface area contributed by atoms with Gasteiger partial charge in [0.2, 0.25) is 5.91 Å². The van der Waals surface area contributed by atoms with Gasteiger partial charge in [-0.25, -0.2) is 0 Å². The Morgan fingerprint density at radius 2 is 1.73 bits per heavy atom. The maximum Gasteiger partial charge on any atom is 0.251 e. The third-order valence-electron chi connectivity index (χ3n) is 4.04. The van der Waals surface area contributed by atoms with E-state index in [-0.39, 0.29) is 36.8 Å².